The van der Waals surface area contributed by atoms with Crippen molar-refractivity contribution in [3.8, 4) is 17.0 Å². The van der Waals surface area contributed by atoms with Crippen molar-refractivity contribution in [2.24, 2.45) is 5.10 Å². The number of hydrazone groups is 1. The highest BCUT2D eigenvalue weighted by atomic mass is 32.1. The van der Waals surface area contributed by atoms with E-state index in [4.69, 9.17) is 4.74 Å². The van der Waals surface area contributed by atoms with Crippen molar-refractivity contribution in [2.75, 3.05) is 5.43 Å². The van der Waals surface area contributed by atoms with Crippen LogP contribution in [-0.4, -0.2) is 11.2 Å². The standard InChI is InChI=1S/C24H21N3OS/c1-18-8-7-9-19(14-18)16-28-23-13-6-5-12-21(23)15-25-27-24-26-22(17-29-24)20-10-3-2-4-11-20/h2-15,17H,16H2,1H3,(H,26,27). The smallest absolute Gasteiger partial charge is 0.203 e. The largest absolute Gasteiger partial charge is 0.488 e. The second kappa shape index (κ2) is 9.17. The Morgan fingerprint density at radius 2 is 1.83 bits per heavy atom. The molecule has 4 nitrogen and oxygen atoms in total. The SMILES string of the molecule is Cc1cccc(COc2ccccc2C=NNc2nc(-c3ccccc3)cs2)c1. The summed E-state index contributed by atoms with van der Waals surface area (Å²) < 4.78 is 6.01. The summed E-state index contributed by atoms with van der Waals surface area (Å²) in [5.74, 6) is 0.795. The molecule has 0 amide bonds. The molecule has 0 saturated heterocycles. The molecule has 0 aliphatic rings. The van der Waals surface area contributed by atoms with E-state index in [0.29, 0.717) is 6.61 Å². The first-order valence-corrected chi connectivity index (χ1v) is 10.2. The Morgan fingerprint density at radius 3 is 2.69 bits per heavy atom. The molecule has 0 aliphatic carbocycles. The first-order valence-electron chi connectivity index (χ1n) is 9.35. The summed E-state index contributed by atoms with van der Waals surface area (Å²) in [7, 11) is 0. The number of aryl methyl sites for hydroxylation is 1. The third-order valence-corrected chi connectivity index (χ3v) is 5.08. The van der Waals surface area contributed by atoms with Gasteiger partial charge in [-0.3, -0.25) is 5.43 Å². The number of rotatable bonds is 7. The number of ether oxygens (including phenoxy) is 1. The van der Waals surface area contributed by atoms with Crippen LogP contribution in [0.15, 0.2) is 89.3 Å². The van der Waals surface area contributed by atoms with Gasteiger partial charge in [0.05, 0.1) is 11.9 Å². The van der Waals surface area contributed by atoms with E-state index in [0.717, 1.165) is 33.3 Å². The molecule has 1 N–H and O–H groups in total. The predicted octanol–water partition coefficient (Wildman–Crippen LogP) is 6.14. The summed E-state index contributed by atoms with van der Waals surface area (Å²) in [5.41, 5.74) is 8.33. The number of thiazole rings is 1. The molecule has 0 unspecified atom stereocenters. The summed E-state index contributed by atoms with van der Waals surface area (Å²) >= 11 is 1.53. The van der Waals surface area contributed by atoms with Gasteiger partial charge in [-0.1, -0.05) is 72.3 Å². The lowest BCUT2D eigenvalue weighted by molar-refractivity contribution is 0.305. The third kappa shape index (κ3) is 5.09. The molecule has 0 spiro atoms. The summed E-state index contributed by atoms with van der Waals surface area (Å²) in [5, 5.41) is 7.11. The summed E-state index contributed by atoms with van der Waals surface area (Å²) in [6.07, 6.45) is 1.76. The number of para-hydroxylation sites is 1. The molecule has 3 aromatic carbocycles. The molecule has 0 atom stereocenters. The average Bonchev–Trinajstić information content (AvgIpc) is 3.23. The molecule has 0 fully saturated rings. The van der Waals surface area contributed by atoms with E-state index < -0.39 is 0 Å². The van der Waals surface area contributed by atoms with Crippen LogP contribution in [0.4, 0.5) is 5.13 Å². The van der Waals surface area contributed by atoms with Gasteiger partial charge in [0.15, 0.2) is 0 Å². The fourth-order valence-corrected chi connectivity index (χ4v) is 3.57. The average molecular weight is 400 g/mol. The van der Waals surface area contributed by atoms with Crippen molar-refractivity contribution in [1.82, 2.24) is 4.98 Å². The Hall–Kier alpha value is -3.44. The van der Waals surface area contributed by atoms with Gasteiger partial charge in [0, 0.05) is 16.5 Å². The number of benzene rings is 3. The van der Waals surface area contributed by atoms with E-state index in [9.17, 15) is 0 Å². The minimum absolute atomic E-state index is 0.521. The highest BCUT2D eigenvalue weighted by Gasteiger charge is 2.04. The lowest BCUT2D eigenvalue weighted by atomic mass is 10.1. The molecule has 0 bridgehead atoms. The second-order valence-corrected chi connectivity index (χ2v) is 7.45. The van der Waals surface area contributed by atoms with Crippen LogP contribution in [0.1, 0.15) is 16.7 Å². The van der Waals surface area contributed by atoms with Crippen LogP contribution >= 0.6 is 11.3 Å². The van der Waals surface area contributed by atoms with E-state index in [1.165, 1.54) is 16.9 Å². The van der Waals surface area contributed by atoms with Crippen LogP contribution < -0.4 is 10.2 Å². The Morgan fingerprint density at radius 1 is 1.00 bits per heavy atom. The van der Waals surface area contributed by atoms with Crippen LogP contribution in [-0.2, 0) is 6.61 Å². The van der Waals surface area contributed by atoms with Gasteiger partial charge >= 0.3 is 0 Å². The Labute approximate surface area is 174 Å². The quantitative estimate of drug-likeness (QED) is 0.300. The summed E-state index contributed by atoms with van der Waals surface area (Å²) in [4.78, 5) is 4.58. The van der Waals surface area contributed by atoms with Crippen LogP contribution in [0.25, 0.3) is 11.3 Å². The number of aromatic nitrogens is 1. The van der Waals surface area contributed by atoms with Crippen molar-refractivity contribution in [2.45, 2.75) is 13.5 Å². The molecule has 5 heteroatoms. The first-order chi connectivity index (χ1) is 14.3. The lowest BCUT2D eigenvalue weighted by Gasteiger charge is -2.09. The van der Waals surface area contributed by atoms with E-state index in [-0.39, 0.29) is 0 Å². The van der Waals surface area contributed by atoms with Gasteiger partial charge in [0.1, 0.15) is 12.4 Å². The predicted molar refractivity (Wildman–Crippen MR) is 121 cm³/mol. The van der Waals surface area contributed by atoms with Gasteiger partial charge < -0.3 is 4.74 Å². The van der Waals surface area contributed by atoms with Crippen molar-refractivity contribution >= 4 is 22.7 Å². The topological polar surface area (TPSA) is 46.5 Å². The van der Waals surface area contributed by atoms with Crippen LogP contribution in [0.3, 0.4) is 0 Å². The highest BCUT2D eigenvalue weighted by Crippen LogP contribution is 2.24. The zero-order valence-corrected chi connectivity index (χ0v) is 16.9. The normalized spacial score (nSPS) is 10.9. The monoisotopic (exact) mass is 399 g/mol. The Bertz CT molecular complexity index is 1110. The molecule has 4 aromatic rings. The maximum absolute atomic E-state index is 6.01. The lowest BCUT2D eigenvalue weighted by Crippen LogP contribution is -1.99. The van der Waals surface area contributed by atoms with E-state index in [1.807, 2.05) is 66.0 Å². The van der Waals surface area contributed by atoms with Crippen molar-refractivity contribution < 1.29 is 4.74 Å². The maximum Gasteiger partial charge on any atom is 0.203 e. The molecule has 0 saturated carbocycles. The van der Waals surface area contributed by atoms with E-state index in [1.54, 1.807) is 6.21 Å². The van der Waals surface area contributed by atoms with E-state index in [2.05, 4.69) is 40.6 Å². The Kier molecular flexibility index (Phi) is 5.98. The van der Waals surface area contributed by atoms with Gasteiger partial charge in [-0.2, -0.15) is 5.10 Å². The minimum atomic E-state index is 0.521. The number of anilines is 1. The highest BCUT2D eigenvalue weighted by molar-refractivity contribution is 7.14. The maximum atomic E-state index is 6.01. The van der Waals surface area contributed by atoms with Crippen LogP contribution in [0.2, 0.25) is 0 Å². The molecule has 29 heavy (non-hydrogen) atoms. The van der Waals surface area contributed by atoms with Gasteiger partial charge in [-0.25, -0.2) is 4.98 Å². The summed E-state index contributed by atoms with van der Waals surface area (Å²) in [6.45, 7) is 2.60. The minimum Gasteiger partial charge on any atom is -0.488 e. The van der Waals surface area contributed by atoms with Gasteiger partial charge in [-0.05, 0) is 24.6 Å². The van der Waals surface area contributed by atoms with Crippen LogP contribution in [0.5, 0.6) is 5.75 Å². The van der Waals surface area contributed by atoms with Gasteiger partial charge in [0.2, 0.25) is 5.13 Å². The number of nitrogens with one attached hydrogen (secondary N) is 1. The molecule has 144 valence electrons. The fourth-order valence-electron chi connectivity index (χ4n) is 2.91. The number of nitrogens with zero attached hydrogens (tertiary/aromatic N) is 2. The molecular weight excluding hydrogens is 378 g/mol. The molecule has 1 aromatic heterocycles. The molecule has 0 radical (unpaired) electrons. The van der Waals surface area contributed by atoms with Gasteiger partial charge in [0.25, 0.3) is 0 Å². The zero-order chi connectivity index (χ0) is 19.9. The molecule has 4 rings (SSSR count). The number of hydrogen-bond acceptors (Lipinski definition) is 5. The number of hydrogen-bond donors (Lipinski definition) is 1. The molecule has 1 heterocycles. The fraction of sp³-hybridized carbons (Fsp3) is 0.0833. The van der Waals surface area contributed by atoms with E-state index >= 15 is 0 Å². The van der Waals surface area contributed by atoms with Crippen LogP contribution in [0, 0.1) is 6.92 Å². The third-order valence-electron chi connectivity index (χ3n) is 4.33. The Balaban J connectivity index is 1.41. The van der Waals surface area contributed by atoms with Gasteiger partial charge in [-0.15, -0.1) is 11.3 Å². The van der Waals surface area contributed by atoms with Crippen molar-refractivity contribution in [1.29, 1.82) is 0 Å². The molecule has 0 aliphatic heterocycles. The van der Waals surface area contributed by atoms with Crippen molar-refractivity contribution in [3.63, 3.8) is 0 Å². The summed E-state index contributed by atoms with van der Waals surface area (Å²) in [6, 6.07) is 26.3. The second-order valence-electron chi connectivity index (χ2n) is 6.59. The van der Waals surface area contributed by atoms with Crippen molar-refractivity contribution in [3.05, 3.63) is 101 Å². The first kappa shape index (κ1) is 18.9. The zero-order valence-electron chi connectivity index (χ0n) is 16.1. The molecular formula is C24H21N3OS.